The van der Waals surface area contributed by atoms with Crippen molar-refractivity contribution in [2.24, 2.45) is 5.92 Å². The first-order valence-electron chi connectivity index (χ1n) is 21.0. The van der Waals surface area contributed by atoms with Gasteiger partial charge in [-0.15, -0.1) is 0 Å². The van der Waals surface area contributed by atoms with E-state index in [1.54, 1.807) is 11.0 Å². The number of carboxylic acid groups (broad SMARTS) is 1. The van der Waals surface area contributed by atoms with Gasteiger partial charge in [-0.05, 0) is 60.9 Å². The quantitative estimate of drug-likeness (QED) is 0.0882. The fourth-order valence-corrected chi connectivity index (χ4v) is 8.36. The van der Waals surface area contributed by atoms with Gasteiger partial charge in [0, 0.05) is 98.2 Å². The van der Waals surface area contributed by atoms with Crippen LogP contribution < -0.4 is 30.2 Å². The van der Waals surface area contributed by atoms with Crippen LogP contribution in [0.5, 0.6) is 5.75 Å². The molecule has 1 aliphatic carbocycles. The molecule has 4 heterocycles. The van der Waals surface area contributed by atoms with Crippen molar-refractivity contribution < 1.29 is 42.9 Å². The number of anilines is 1. The Morgan fingerprint density at radius 2 is 1.79 bits per heavy atom. The number of piperidine rings is 1. The van der Waals surface area contributed by atoms with Gasteiger partial charge in [-0.25, -0.2) is 14.2 Å². The van der Waals surface area contributed by atoms with E-state index in [-0.39, 0.29) is 48.1 Å². The predicted molar refractivity (Wildman–Crippen MR) is 234 cm³/mol. The number of aromatic carboxylic acids is 1. The minimum atomic E-state index is -1.10. The maximum absolute atomic E-state index is 13.6. The number of carbonyl (C=O) groups excluding carboxylic acids is 3. The van der Waals surface area contributed by atoms with E-state index < -0.39 is 5.97 Å². The number of nitrogens with zero attached hydrogens (tertiary/aromatic N) is 4. The molecule has 0 bridgehead atoms. The van der Waals surface area contributed by atoms with Crippen molar-refractivity contribution in [1.82, 2.24) is 25.0 Å². The third-order valence-electron chi connectivity index (χ3n) is 11.8. The average Bonchev–Trinajstić information content (AvgIpc) is 3.25. The fraction of sp³-hybridized carbons (Fsp3) is 0.383. The van der Waals surface area contributed by atoms with Gasteiger partial charge in [0.05, 0.1) is 43.6 Å². The molecule has 5 aliphatic rings. The smallest absolute Gasteiger partial charge is 0.336 e. The number of nitrogens with one attached hydrogen (secondary N) is 2. The van der Waals surface area contributed by atoms with Gasteiger partial charge in [0.2, 0.25) is 11.3 Å². The van der Waals surface area contributed by atoms with E-state index in [0.29, 0.717) is 99.2 Å². The van der Waals surface area contributed by atoms with Crippen molar-refractivity contribution in [3.8, 4) is 28.2 Å². The van der Waals surface area contributed by atoms with Crippen molar-refractivity contribution in [3.63, 3.8) is 0 Å². The summed E-state index contributed by atoms with van der Waals surface area (Å²) in [7, 11) is 7.77. The molecule has 0 unspecified atom stereocenters. The fourth-order valence-electron chi connectivity index (χ4n) is 8.36. The second kappa shape index (κ2) is 18.3. The van der Waals surface area contributed by atoms with Crippen LogP contribution in [-0.4, -0.2) is 132 Å². The summed E-state index contributed by atoms with van der Waals surface area (Å²) < 4.78 is 26.2. The third-order valence-corrected chi connectivity index (χ3v) is 11.8. The van der Waals surface area contributed by atoms with Crippen LogP contribution in [0, 0.1) is 5.92 Å². The highest BCUT2D eigenvalue weighted by Gasteiger charge is 2.40. The molecular weight excluding hydrogens is 793 g/mol. The standard InChI is InChI=1S/C47H52N6O9/c1-50(2)32-11-14-35-41(21-32)62-42-22-33(51(3)4)12-15-36(42)44(35)37-20-30(10-13-34(37)46(56)57)45(55)48-17-7-19-60-39-9-6-5-8-31(39)27-59-26-29-23-53(24-29)47(58)52-18-16-40-38(25-52)49-43(54)28-61-40/h5-6,8-15,20-22,29,38,40H,7,16-19,23-28H2,1-4H3,(H2-,48,49,54,55,56,57)/p+1/t38-,40+/m1/s1. The Balaban J connectivity index is 0.855. The third kappa shape index (κ3) is 9.09. The van der Waals surface area contributed by atoms with E-state index in [2.05, 4.69) is 10.6 Å². The number of carboxylic acids is 1. The Morgan fingerprint density at radius 3 is 2.58 bits per heavy atom. The highest BCUT2D eigenvalue weighted by atomic mass is 16.5. The Kier molecular flexibility index (Phi) is 12.4. The van der Waals surface area contributed by atoms with Crippen LogP contribution in [0.25, 0.3) is 33.4 Å². The molecule has 3 aromatic rings. The summed E-state index contributed by atoms with van der Waals surface area (Å²) in [6, 6.07) is 23.8. The lowest BCUT2D eigenvalue weighted by atomic mass is 9.89. The van der Waals surface area contributed by atoms with Crippen molar-refractivity contribution in [2.45, 2.75) is 31.6 Å². The number of amides is 4. The van der Waals surface area contributed by atoms with E-state index in [9.17, 15) is 24.3 Å². The Bertz CT molecular complexity index is 2540. The number of likely N-dealkylation sites (tertiary alicyclic amines) is 2. The number of urea groups is 1. The first kappa shape index (κ1) is 42.2. The van der Waals surface area contributed by atoms with E-state index >= 15 is 0 Å². The van der Waals surface area contributed by atoms with E-state index in [1.807, 2.05) is 103 Å². The molecule has 3 aromatic carbocycles. The SMILES string of the molecule is CN(C)c1ccc2c(-c3cc(C(=O)NCCCOc4ccccc4COCC4CN(C(=O)N5CC[C@@H]6OCC(=O)N[C@@H]6C5)C4)ccc3C(=O)O)c3ccc(=[N+](C)C)cc-3oc2c1. The molecule has 0 saturated carbocycles. The molecule has 3 saturated heterocycles. The molecule has 0 spiro atoms. The number of ether oxygens (including phenoxy) is 3. The number of hydrogen-bond donors (Lipinski definition) is 3. The molecule has 4 amide bonds. The maximum Gasteiger partial charge on any atom is 0.336 e. The summed E-state index contributed by atoms with van der Waals surface area (Å²) in [4.78, 5) is 56.7. The first-order valence-corrected chi connectivity index (χ1v) is 21.0. The normalized spacial score (nSPS) is 17.6. The number of fused-ring (bicyclic) bond motifs is 3. The summed E-state index contributed by atoms with van der Waals surface area (Å²) in [6.45, 7) is 3.93. The number of hydrogen-bond acceptors (Lipinski definition) is 9. The number of para-hydroxylation sites is 1. The number of morpholine rings is 1. The highest BCUT2D eigenvalue weighted by Crippen LogP contribution is 2.42. The topological polar surface area (TPSA) is 166 Å². The molecule has 4 aliphatic heterocycles. The van der Waals surface area contributed by atoms with Crippen LogP contribution in [0.1, 0.15) is 39.1 Å². The minimum Gasteiger partial charge on any atom is -0.493 e. The van der Waals surface area contributed by atoms with Gasteiger partial charge in [-0.2, -0.15) is 0 Å². The van der Waals surface area contributed by atoms with Gasteiger partial charge < -0.3 is 49.1 Å². The molecule has 0 aromatic heterocycles. The molecule has 15 nitrogen and oxygen atoms in total. The lowest BCUT2D eigenvalue weighted by Gasteiger charge is -2.46. The highest BCUT2D eigenvalue weighted by molar-refractivity contribution is 6.09. The molecule has 2 atom stereocenters. The van der Waals surface area contributed by atoms with E-state index in [1.165, 1.54) is 12.1 Å². The van der Waals surface area contributed by atoms with Crippen LogP contribution in [0.2, 0.25) is 0 Å². The molecule has 62 heavy (non-hydrogen) atoms. The van der Waals surface area contributed by atoms with E-state index in [0.717, 1.165) is 27.6 Å². The minimum absolute atomic E-state index is 0.0144. The number of benzene rings is 4. The molecule has 3 N–H and O–H groups in total. The summed E-state index contributed by atoms with van der Waals surface area (Å²) in [5.74, 6) is -0.0494. The van der Waals surface area contributed by atoms with Crippen LogP contribution in [-0.2, 0) is 20.9 Å². The van der Waals surface area contributed by atoms with Crippen LogP contribution in [0.15, 0.2) is 83.3 Å². The lowest BCUT2D eigenvalue weighted by molar-refractivity contribution is -0.139. The van der Waals surface area contributed by atoms with Crippen LogP contribution in [0.4, 0.5) is 10.5 Å². The number of rotatable bonds is 13. The van der Waals surface area contributed by atoms with Gasteiger partial charge in [-0.3, -0.25) is 9.59 Å². The van der Waals surface area contributed by atoms with Crippen molar-refractivity contribution in [3.05, 3.63) is 101 Å². The zero-order valence-corrected chi connectivity index (χ0v) is 35.5. The zero-order chi connectivity index (χ0) is 43.5. The Morgan fingerprint density at radius 1 is 0.968 bits per heavy atom. The molecule has 15 heteroatoms. The molecule has 8 rings (SSSR count). The van der Waals surface area contributed by atoms with Gasteiger partial charge in [0.1, 0.15) is 37.8 Å². The summed E-state index contributed by atoms with van der Waals surface area (Å²) in [5, 5.41) is 17.9. The van der Waals surface area contributed by atoms with Gasteiger partial charge in [-0.1, -0.05) is 18.2 Å². The largest absolute Gasteiger partial charge is 0.493 e. The number of carbonyl (C=O) groups is 4. The van der Waals surface area contributed by atoms with Crippen LogP contribution >= 0.6 is 0 Å². The monoisotopic (exact) mass is 845 g/mol. The van der Waals surface area contributed by atoms with E-state index in [4.69, 9.17) is 18.6 Å². The Labute approximate surface area is 359 Å². The van der Waals surface area contributed by atoms with Crippen molar-refractivity contribution in [1.29, 1.82) is 0 Å². The van der Waals surface area contributed by atoms with Crippen molar-refractivity contribution in [2.75, 3.05) is 85.6 Å². The maximum atomic E-state index is 13.6. The average molecular weight is 846 g/mol. The summed E-state index contributed by atoms with van der Waals surface area (Å²) >= 11 is 0. The predicted octanol–water partition coefficient (Wildman–Crippen LogP) is 4.36. The molecule has 0 radical (unpaired) electrons. The molecule has 3 fully saturated rings. The van der Waals surface area contributed by atoms with Gasteiger partial charge >= 0.3 is 12.0 Å². The lowest BCUT2D eigenvalue weighted by Crippen LogP contribution is -2.64. The van der Waals surface area contributed by atoms with Gasteiger partial charge in [0.15, 0.2) is 0 Å². The summed E-state index contributed by atoms with van der Waals surface area (Å²) in [6.07, 6.45) is 1.20. The second-order valence-electron chi connectivity index (χ2n) is 16.6. The zero-order valence-electron chi connectivity index (χ0n) is 35.5. The molecule has 324 valence electrons. The van der Waals surface area contributed by atoms with Crippen LogP contribution in [0.3, 0.4) is 0 Å². The summed E-state index contributed by atoms with van der Waals surface area (Å²) in [5.41, 5.74) is 4.64. The Hall–Kier alpha value is -6.45. The molecular formula is C47H53N6O9+. The first-order chi connectivity index (χ1) is 29.9. The van der Waals surface area contributed by atoms with Crippen molar-refractivity contribution >= 4 is 40.5 Å². The van der Waals surface area contributed by atoms with Gasteiger partial charge in [0.25, 0.3) is 5.91 Å². The second-order valence-corrected chi connectivity index (χ2v) is 16.6.